The summed E-state index contributed by atoms with van der Waals surface area (Å²) >= 11 is 5.84. The number of hydrogen-bond donors (Lipinski definition) is 2. The summed E-state index contributed by atoms with van der Waals surface area (Å²) in [5.41, 5.74) is 0.806. The first-order chi connectivity index (χ1) is 15.5. The van der Waals surface area contributed by atoms with Gasteiger partial charge in [0.05, 0.1) is 27.5 Å². The fraction of sp³-hybridized carbons (Fsp3) is 0.333. The molecule has 2 N–H and O–H groups in total. The average Bonchev–Trinajstić information content (AvgIpc) is 2.79. The smallest absolute Gasteiger partial charge is 0.311 e. The molecule has 168 valence electrons. The van der Waals surface area contributed by atoms with Crippen molar-refractivity contribution in [1.29, 1.82) is 0 Å². The highest BCUT2D eigenvalue weighted by atomic mass is 35.5. The number of fused-ring (bicyclic) bond motifs is 1. The number of anilines is 2. The predicted molar refractivity (Wildman–Crippen MR) is 120 cm³/mol. The molecule has 0 bridgehead atoms. The van der Waals surface area contributed by atoms with Gasteiger partial charge in [0.2, 0.25) is 0 Å². The number of aromatic nitrogens is 2. The zero-order valence-corrected chi connectivity index (χ0v) is 17.9. The maximum Gasteiger partial charge on any atom is 0.311 e. The molecule has 2 aromatic carbocycles. The van der Waals surface area contributed by atoms with Gasteiger partial charge in [-0.1, -0.05) is 11.6 Å². The van der Waals surface area contributed by atoms with E-state index in [1.165, 1.54) is 30.6 Å². The van der Waals surface area contributed by atoms with Gasteiger partial charge in [-0.3, -0.25) is 10.1 Å². The van der Waals surface area contributed by atoms with E-state index in [4.69, 9.17) is 16.3 Å². The molecule has 1 aliphatic rings. The summed E-state index contributed by atoms with van der Waals surface area (Å²) in [5, 5.41) is 18.4. The standard InChI is InChI=1S/C21H22ClFN6O3/c22-16-10-14(2-3-17(16)23)27-21-15-11-19(29(30)31)20(12-18(15)25-13-26-21)32-9-1-6-28-7-4-24-5-8-28/h2-3,10-13,24H,1,4-9H2,(H,25,26,27). The van der Waals surface area contributed by atoms with Crippen LogP contribution < -0.4 is 15.4 Å². The van der Waals surface area contributed by atoms with Gasteiger partial charge in [-0.05, 0) is 24.6 Å². The molecule has 3 aromatic rings. The highest BCUT2D eigenvalue weighted by molar-refractivity contribution is 6.31. The second-order valence-electron chi connectivity index (χ2n) is 7.36. The Bertz CT molecular complexity index is 1130. The number of piperazine rings is 1. The predicted octanol–water partition coefficient (Wildman–Crippen LogP) is 3.75. The summed E-state index contributed by atoms with van der Waals surface area (Å²) in [6.45, 7) is 5.15. The molecule has 1 aliphatic heterocycles. The van der Waals surface area contributed by atoms with E-state index < -0.39 is 10.7 Å². The normalized spacial score (nSPS) is 14.4. The van der Waals surface area contributed by atoms with E-state index in [1.54, 1.807) is 6.07 Å². The molecule has 11 heteroatoms. The Morgan fingerprint density at radius 3 is 2.81 bits per heavy atom. The first-order valence-electron chi connectivity index (χ1n) is 10.2. The SMILES string of the molecule is O=[N+]([O-])c1cc2c(Nc3ccc(F)c(Cl)c3)ncnc2cc1OCCCN1CCNCC1. The Labute approximate surface area is 188 Å². The molecule has 0 unspecified atom stereocenters. The molecule has 0 amide bonds. The van der Waals surface area contributed by atoms with Crippen LogP contribution in [0.2, 0.25) is 5.02 Å². The molecule has 0 saturated carbocycles. The lowest BCUT2D eigenvalue weighted by molar-refractivity contribution is -0.385. The first kappa shape index (κ1) is 22.1. The van der Waals surface area contributed by atoms with Crippen LogP contribution in [0, 0.1) is 15.9 Å². The summed E-state index contributed by atoms with van der Waals surface area (Å²) in [6, 6.07) is 7.06. The maximum atomic E-state index is 13.4. The van der Waals surface area contributed by atoms with Crippen molar-refractivity contribution in [1.82, 2.24) is 20.2 Å². The molecule has 32 heavy (non-hydrogen) atoms. The van der Waals surface area contributed by atoms with Gasteiger partial charge >= 0.3 is 5.69 Å². The van der Waals surface area contributed by atoms with Gasteiger partial charge in [-0.15, -0.1) is 0 Å². The number of nitrogens with one attached hydrogen (secondary N) is 2. The number of nitro groups is 1. The summed E-state index contributed by atoms with van der Waals surface area (Å²) in [7, 11) is 0. The van der Waals surface area contributed by atoms with E-state index in [9.17, 15) is 14.5 Å². The Morgan fingerprint density at radius 2 is 2.06 bits per heavy atom. The van der Waals surface area contributed by atoms with Crippen molar-refractivity contribution in [3.8, 4) is 5.75 Å². The third-order valence-electron chi connectivity index (χ3n) is 5.18. The molecule has 4 rings (SSSR count). The van der Waals surface area contributed by atoms with E-state index in [0.717, 1.165) is 39.1 Å². The average molecular weight is 461 g/mol. The summed E-state index contributed by atoms with van der Waals surface area (Å²) in [4.78, 5) is 21.9. The van der Waals surface area contributed by atoms with Crippen LogP contribution in [0.3, 0.4) is 0 Å². The monoisotopic (exact) mass is 460 g/mol. The van der Waals surface area contributed by atoms with Crippen molar-refractivity contribution in [3.05, 3.63) is 57.6 Å². The van der Waals surface area contributed by atoms with Crippen molar-refractivity contribution in [2.24, 2.45) is 0 Å². The first-order valence-corrected chi connectivity index (χ1v) is 10.6. The molecule has 1 saturated heterocycles. The van der Waals surface area contributed by atoms with Crippen LogP contribution in [0.15, 0.2) is 36.7 Å². The van der Waals surface area contributed by atoms with Crippen LogP contribution >= 0.6 is 11.6 Å². The minimum atomic E-state index is -0.542. The molecule has 0 aliphatic carbocycles. The van der Waals surface area contributed by atoms with Gasteiger partial charge in [-0.25, -0.2) is 14.4 Å². The van der Waals surface area contributed by atoms with Gasteiger partial charge in [0.25, 0.3) is 0 Å². The summed E-state index contributed by atoms with van der Waals surface area (Å²) in [6.07, 6.45) is 2.10. The van der Waals surface area contributed by atoms with Crippen LogP contribution in [0.25, 0.3) is 10.9 Å². The second-order valence-corrected chi connectivity index (χ2v) is 7.77. The highest BCUT2D eigenvalue weighted by Gasteiger charge is 2.20. The van der Waals surface area contributed by atoms with Crippen molar-refractivity contribution in [2.45, 2.75) is 6.42 Å². The lowest BCUT2D eigenvalue weighted by Crippen LogP contribution is -2.43. The quantitative estimate of drug-likeness (QED) is 0.297. The van der Waals surface area contributed by atoms with E-state index >= 15 is 0 Å². The molecule has 0 atom stereocenters. The third kappa shape index (κ3) is 5.21. The number of ether oxygens (including phenoxy) is 1. The Kier molecular flexibility index (Phi) is 6.93. The van der Waals surface area contributed by atoms with E-state index in [-0.39, 0.29) is 16.5 Å². The van der Waals surface area contributed by atoms with Crippen molar-refractivity contribution < 1.29 is 14.1 Å². The topological polar surface area (TPSA) is 105 Å². The van der Waals surface area contributed by atoms with Gasteiger partial charge < -0.3 is 20.3 Å². The fourth-order valence-corrected chi connectivity index (χ4v) is 3.73. The van der Waals surface area contributed by atoms with Gasteiger partial charge in [-0.2, -0.15) is 0 Å². The fourth-order valence-electron chi connectivity index (χ4n) is 3.55. The molecule has 9 nitrogen and oxygen atoms in total. The number of nitro benzene ring substituents is 1. The number of hydrogen-bond acceptors (Lipinski definition) is 8. The maximum absolute atomic E-state index is 13.4. The van der Waals surface area contributed by atoms with Crippen LogP contribution in [-0.2, 0) is 0 Å². The Hall–Kier alpha value is -3.08. The van der Waals surface area contributed by atoms with Crippen LogP contribution in [0.5, 0.6) is 5.75 Å². The highest BCUT2D eigenvalue weighted by Crippen LogP contribution is 2.35. The molecular formula is C21H22ClFN6O3. The molecule has 1 fully saturated rings. The van der Waals surface area contributed by atoms with Crippen molar-refractivity contribution in [2.75, 3.05) is 44.6 Å². The van der Waals surface area contributed by atoms with Crippen LogP contribution in [0.4, 0.5) is 21.6 Å². The summed E-state index contributed by atoms with van der Waals surface area (Å²) in [5.74, 6) is -0.0394. The lowest BCUT2D eigenvalue weighted by atomic mass is 10.2. The Balaban J connectivity index is 1.53. The van der Waals surface area contributed by atoms with Gasteiger partial charge in [0.15, 0.2) is 5.75 Å². The van der Waals surface area contributed by atoms with Gasteiger partial charge in [0, 0.05) is 50.5 Å². The van der Waals surface area contributed by atoms with Crippen LogP contribution in [0.1, 0.15) is 6.42 Å². The second kappa shape index (κ2) is 10.0. The van der Waals surface area contributed by atoms with E-state index in [0.29, 0.717) is 29.0 Å². The lowest BCUT2D eigenvalue weighted by Gasteiger charge is -2.26. The number of nitrogens with zero attached hydrogens (tertiary/aromatic N) is 4. The molecular weight excluding hydrogens is 439 g/mol. The zero-order valence-electron chi connectivity index (χ0n) is 17.2. The number of halogens is 2. The van der Waals surface area contributed by atoms with Crippen molar-refractivity contribution in [3.63, 3.8) is 0 Å². The van der Waals surface area contributed by atoms with Crippen LogP contribution in [-0.4, -0.2) is 59.1 Å². The zero-order chi connectivity index (χ0) is 22.5. The third-order valence-corrected chi connectivity index (χ3v) is 5.47. The molecule has 1 aromatic heterocycles. The number of rotatable bonds is 8. The number of benzene rings is 2. The minimum Gasteiger partial charge on any atom is -0.487 e. The molecule has 0 spiro atoms. The minimum absolute atomic E-state index is 0.0455. The largest absolute Gasteiger partial charge is 0.487 e. The van der Waals surface area contributed by atoms with E-state index in [2.05, 4.69) is 25.5 Å². The molecule has 2 heterocycles. The van der Waals surface area contributed by atoms with Gasteiger partial charge in [0.1, 0.15) is 18.0 Å². The summed E-state index contributed by atoms with van der Waals surface area (Å²) < 4.78 is 19.2. The van der Waals surface area contributed by atoms with E-state index in [1.807, 2.05) is 0 Å². The van der Waals surface area contributed by atoms with Crippen molar-refractivity contribution >= 4 is 39.7 Å². The Morgan fingerprint density at radius 1 is 1.25 bits per heavy atom. The molecule has 0 radical (unpaired) electrons.